The van der Waals surface area contributed by atoms with Gasteiger partial charge in [-0.1, -0.05) is 55.7 Å². The SMILES string of the molecule is C=CCCCC(=O)C1(c2ccccc2)CCCCC1. The van der Waals surface area contributed by atoms with Gasteiger partial charge in [-0.25, -0.2) is 0 Å². The number of Topliss-reactive ketones (excluding diaryl/α,β-unsaturated/α-hetero) is 1. The zero-order chi connectivity index (χ0) is 13.6. The van der Waals surface area contributed by atoms with E-state index in [4.69, 9.17) is 0 Å². The summed E-state index contributed by atoms with van der Waals surface area (Å²) in [5.41, 5.74) is 1.04. The topological polar surface area (TPSA) is 17.1 Å². The predicted octanol–water partition coefficient (Wildman–Crippen LogP) is 4.81. The van der Waals surface area contributed by atoms with Crippen LogP contribution in [0.2, 0.25) is 0 Å². The molecule has 1 aliphatic rings. The van der Waals surface area contributed by atoms with E-state index >= 15 is 0 Å². The highest BCUT2D eigenvalue weighted by Crippen LogP contribution is 2.41. The number of benzene rings is 1. The van der Waals surface area contributed by atoms with Crippen molar-refractivity contribution in [1.29, 1.82) is 0 Å². The Kier molecular flexibility index (Phi) is 4.95. The minimum atomic E-state index is -0.194. The predicted molar refractivity (Wildman–Crippen MR) is 80.3 cm³/mol. The summed E-state index contributed by atoms with van der Waals surface area (Å²) < 4.78 is 0. The van der Waals surface area contributed by atoms with Crippen LogP contribution in [0, 0.1) is 0 Å². The molecule has 0 spiro atoms. The Morgan fingerprint density at radius 2 is 1.84 bits per heavy atom. The largest absolute Gasteiger partial charge is 0.299 e. The number of ketones is 1. The van der Waals surface area contributed by atoms with Crippen molar-refractivity contribution in [2.45, 2.75) is 56.8 Å². The number of hydrogen-bond donors (Lipinski definition) is 0. The van der Waals surface area contributed by atoms with Crippen LogP contribution in [0.1, 0.15) is 56.9 Å². The maximum Gasteiger partial charge on any atom is 0.143 e. The third kappa shape index (κ3) is 3.15. The molecule has 0 aromatic heterocycles. The fourth-order valence-corrected chi connectivity index (χ4v) is 3.29. The van der Waals surface area contributed by atoms with Gasteiger partial charge in [0.25, 0.3) is 0 Å². The lowest BCUT2D eigenvalue weighted by Crippen LogP contribution is -2.37. The molecule has 1 aliphatic carbocycles. The van der Waals surface area contributed by atoms with E-state index in [2.05, 4.69) is 30.8 Å². The van der Waals surface area contributed by atoms with Gasteiger partial charge < -0.3 is 0 Å². The Labute approximate surface area is 116 Å². The van der Waals surface area contributed by atoms with Crippen LogP contribution in [-0.2, 0) is 10.2 Å². The van der Waals surface area contributed by atoms with E-state index in [0.717, 1.165) is 25.7 Å². The average molecular weight is 256 g/mol. The molecule has 102 valence electrons. The van der Waals surface area contributed by atoms with E-state index in [1.165, 1.54) is 24.8 Å². The van der Waals surface area contributed by atoms with Crippen molar-refractivity contribution in [3.05, 3.63) is 48.6 Å². The van der Waals surface area contributed by atoms with Crippen molar-refractivity contribution in [1.82, 2.24) is 0 Å². The summed E-state index contributed by atoms with van der Waals surface area (Å²) >= 11 is 0. The van der Waals surface area contributed by atoms with Crippen LogP contribution in [0.5, 0.6) is 0 Å². The van der Waals surface area contributed by atoms with E-state index in [9.17, 15) is 4.79 Å². The van der Waals surface area contributed by atoms with Gasteiger partial charge in [-0.2, -0.15) is 0 Å². The molecule has 0 radical (unpaired) electrons. The molecule has 0 N–H and O–H groups in total. The van der Waals surface area contributed by atoms with Crippen LogP contribution in [0.25, 0.3) is 0 Å². The number of rotatable bonds is 6. The van der Waals surface area contributed by atoms with E-state index < -0.39 is 0 Å². The van der Waals surface area contributed by atoms with E-state index in [1.54, 1.807) is 0 Å². The van der Waals surface area contributed by atoms with Crippen LogP contribution in [0.15, 0.2) is 43.0 Å². The fraction of sp³-hybridized carbons (Fsp3) is 0.500. The third-order valence-electron chi connectivity index (χ3n) is 4.38. The number of carbonyl (C=O) groups is 1. The molecule has 0 amide bonds. The van der Waals surface area contributed by atoms with E-state index in [1.807, 2.05) is 12.1 Å². The van der Waals surface area contributed by atoms with Crippen LogP contribution in [0.4, 0.5) is 0 Å². The summed E-state index contributed by atoms with van der Waals surface area (Å²) in [4.78, 5) is 12.8. The van der Waals surface area contributed by atoms with Crippen LogP contribution >= 0.6 is 0 Å². The quantitative estimate of drug-likeness (QED) is 0.527. The van der Waals surface area contributed by atoms with E-state index in [0.29, 0.717) is 12.2 Å². The number of allylic oxidation sites excluding steroid dienone is 1. The summed E-state index contributed by atoms with van der Waals surface area (Å²) in [6.07, 6.45) is 10.2. The number of carbonyl (C=O) groups excluding carboxylic acids is 1. The summed E-state index contributed by atoms with van der Waals surface area (Å²) in [5, 5.41) is 0. The molecule has 0 saturated heterocycles. The Bertz CT molecular complexity index is 413. The molecule has 1 aromatic carbocycles. The van der Waals surface area contributed by atoms with Gasteiger partial charge in [-0.15, -0.1) is 6.58 Å². The third-order valence-corrected chi connectivity index (χ3v) is 4.38. The standard InChI is InChI=1S/C18H24O/c1-2-3-6-13-17(19)18(14-9-5-10-15-18)16-11-7-4-8-12-16/h2,4,7-8,11-12H,1,3,5-6,9-10,13-15H2. The van der Waals surface area contributed by atoms with Crippen molar-refractivity contribution in [3.63, 3.8) is 0 Å². The highest BCUT2D eigenvalue weighted by molar-refractivity contribution is 5.90. The molecule has 1 saturated carbocycles. The molecule has 0 unspecified atom stereocenters. The maximum absolute atomic E-state index is 12.8. The zero-order valence-electron chi connectivity index (χ0n) is 11.7. The molecule has 1 heteroatoms. The van der Waals surface area contributed by atoms with Crippen molar-refractivity contribution in [2.24, 2.45) is 0 Å². The Morgan fingerprint density at radius 1 is 1.16 bits per heavy atom. The Hall–Kier alpha value is -1.37. The molecule has 2 rings (SSSR count). The van der Waals surface area contributed by atoms with Crippen LogP contribution < -0.4 is 0 Å². The molecule has 0 heterocycles. The minimum Gasteiger partial charge on any atom is -0.299 e. The first-order valence-electron chi connectivity index (χ1n) is 7.49. The van der Waals surface area contributed by atoms with Crippen molar-refractivity contribution in [2.75, 3.05) is 0 Å². The first-order chi connectivity index (χ1) is 9.29. The van der Waals surface area contributed by atoms with Crippen LogP contribution in [0.3, 0.4) is 0 Å². The first-order valence-corrected chi connectivity index (χ1v) is 7.49. The lowest BCUT2D eigenvalue weighted by Gasteiger charge is -2.36. The average Bonchev–Trinajstić information content (AvgIpc) is 2.49. The van der Waals surface area contributed by atoms with Crippen molar-refractivity contribution >= 4 is 5.78 Å². The number of unbranched alkanes of at least 4 members (excludes halogenated alkanes) is 1. The lowest BCUT2D eigenvalue weighted by molar-refractivity contribution is -0.126. The van der Waals surface area contributed by atoms with Gasteiger partial charge in [0.1, 0.15) is 5.78 Å². The van der Waals surface area contributed by atoms with Gasteiger partial charge in [0.05, 0.1) is 5.41 Å². The lowest BCUT2D eigenvalue weighted by atomic mass is 9.66. The molecule has 0 atom stereocenters. The van der Waals surface area contributed by atoms with Gasteiger partial charge in [-0.3, -0.25) is 4.79 Å². The second kappa shape index (κ2) is 6.70. The fourth-order valence-electron chi connectivity index (χ4n) is 3.29. The maximum atomic E-state index is 12.8. The molecular formula is C18H24O. The first kappa shape index (κ1) is 14.0. The second-order valence-corrected chi connectivity index (χ2v) is 5.61. The minimum absolute atomic E-state index is 0.194. The monoisotopic (exact) mass is 256 g/mol. The van der Waals surface area contributed by atoms with Gasteiger partial charge in [0.2, 0.25) is 0 Å². The Balaban J connectivity index is 2.19. The normalized spacial score (nSPS) is 17.9. The highest BCUT2D eigenvalue weighted by Gasteiger charge is 2.39. The summed E-state index contributed by atoms with van der Waals surface area (Å²) in [5.74, 6) is 0.445. The smallest absolute Gasteiger partial charge is 0.143 e. The zero-order valence-corrected chi connectivity index (χ0v) is 11.7. The summed E-state index contributed by atoms with van der Waals surface area (Å²) in [6, 6.07) is 10.4. The van der Waals surface area contributed by atoms with Crippen molar-refractivity contribution < 1.29 is 4.79 Å². The highest BCUT2D eigenvalue weighted by atomic mass is 16.1. The molecular weight excluding hydrogens is 232 g/mol. The molecule has 1 aromatic rings. The number of hydrogen-bond acceptors (Lipinski definition) is 1. The van der Waals surface area contributed by atoms with Gasteiger partial charge in [-0.05, 0) is 31.2 Å². The molecule has 1 fully saturated rings. The molecule has 19 heavy (non-hydrogen) atoms. The van der Waals surface area contributed by atoms with Gasteiger partial charge >= 0.3 is 0 Å². The second-order valence-electron chi connectivity index (χ2n) is 5.61. The van der Waals surface area contributed by atoms with Gasteiger partial charge in [0, 0.05) is 6.42 Å². The molecule has 0 bridgehead atoms. The van der Waals surface area contributed by atoms with Crippen LogP contribution in [-0.4, -0.2) is 5.78 Å². The van der Waals surface area contributed by atoms with E-state index in [-0.39, 0.29) is 5.41 Å². The Morgan fingerprint density at radius 3 is 2.47 bits per heavy atom. The summed E-state index contributed by atoms with van der Waals surface area (Å²) in [6.45, 7) is 3.73. The molecule has 0 aliphatic heterocycles. The summed E-state index contributed by atoms with van der Waals surface area (Å²) in [7, 11) is 0. The molecule has 1 nitrogen and oxygen atoms in total. The van der Waals surface area contributed by atoms with Crippen molar-refractivity contribution in [3.8, 4) is 0 Å². The van der Waals surface area contributed by atoms with Gasteiger partial charge in [0.15, 0.2) is 0 Å².